The monoisotopic (exact) mass is 506 g/mol. The molecule has 7 nitrogen and oxygen atoms in total. The molecule has 0 radical (unpaired) electrons. The Hall–Kier alpha value is -3.96. The van der Waals surface area contributed by atoms with Gasteiger partial charge in [-0.2, -0.15) is 0 Å². The van der Waals surface area contributed by atoms with E-state index in [2.05, 4.69) is 25.5 Å². The number of rotatable bonds is 7. The molecule has 0 saturated carbocycles. The fraction of sp³-hybridized carbons (Fsp3) is 0.0417. The van der Waals surface area contributed by atoms with Gasteiger partial charge in [0.25, 0.3) is 5.91 Å². The maximum atomic E-state index is 14.7. The van der Waals surface area contributed by atoms with E-state index >= 15 is 0 Å². The summed E-state index contributed by atoms with van der Waals surface area (Å²) in [5.74, 6) is -0.586. The van der Waals surface area contributed by atoms with Crippen LogP contribution < -0.4 is 5.32 Å². The predicted molar refractivity (Wildman–Crippen MR) is 131 cm³/mol. The molecule has 0 bridgehead atoms. The Bertz CT molecular complexity index is 1490. The van der Waals surface area contributed by atoms with Crippen LogP contribution in [-0.2, 0) is 5.75 Å². The molecule has 0 aliphatic heterocycles. The first kappa shape index (κ1) is 22.8. The summed E-state index contributed by atoms with van der Waals surface area (Å²) in [6.07, 6.45) is 3.26. The molecule has 11 heteroatoms. The van der Waals surface area contributed by atoms with Crippen molar-refractivity contribution in [2.45, 2.75) is 10.9 Å². The van der Waals surface area contributed by atoms with Gasteiger partial charge in [0.1, 0.15) is 22.3 Å². The first-order valence-electron chi connectivity index (χ1n) is 10.3. The van der Waals surface area contributed by atoms with E-state index in [0.717, 1.165) is 5.56 Å². The minimum atomic E-state index is -0.524. The van der Waals surface area contributed by atoms with Gasteiger partial charge in [-0.1, -0.05) is 36.0 Å². The number of thiazole rings is 1. The number of aromatic nitrogens is 5. The lowest BCUT2D eigenvalue weighted by Gasteiger charge is -2.10. The van der Waals surface area contributed by atoms with Gasteiger partial charge in [-0.05, 0) is 36.4 Å². The van der Waals surface area contributed by atoms with Gasteiger partial charge in [0, 0.05) is 23.3 Å². The Balaban J connectivity index is 1.38. The van der Waals surface area contributed by atoms with E-state index in [4.69, 9.17) is 0 Å². The highest BCUT2D eigenvalue weighted by Gasteiger charge is 2.20. The molecule has 174 valence electrons. The lowest BCUT2D eigenvalue weighted by Crippen LogP contribution is -2.13. The first-order valence-corrected chi connectivity index (χ1v) is 12.2. The Morgan fingerprint density at radius 2 is 1.71 bits per heavy atom. The topological polar surface area (TPSA) is 85.6 Å². The maximum Gasteiger partial charge on any atom is 0.275 e. The van der Waals surface area contributed by atoms with Crippen molar-refractivity contribution in [2.75, 3.05) is 5.32 Å². The third kappa shape index (κ3) is 4.96. The fourth-order valence-corrected chi connectivity index (χ4v) is 5.00. The van der Waals surface area contributed by atoms with Crippen molar-refractivity contribution in [1.82, 2.24) is 24.7 Å². The molecule has 5 rings (SSSR count). The number of hydrogen-bond donors (Lipinski definition) is 1. The number of thioether (sulfide) groups is 1. The molecule has 1 amide bonds. The molecule has 0 atom stereocenters. The minimum Gasteiger partial charge on any atom is -0.318 e. The second kappa shape index (κ2) is 10.1. The molecule has 0 unspecified atom stereocenters. The summed E-state index contributed by atoms with van der Waals surface area (Å²) in [4.78, 5) is 20.9. The van der Waals surface area contributed by atoms with E-state index in [1.165, 1.54) is 41.3 Å². The summed E-state index contributed by atoms with van der Waals surface area (Å²) in [5.41, 5.74) is 1.32. The van der Waals surface area contributed by atoms with Crippen molar-refractivity contribution >= 4 is 34.7 Å². The molecule has 3 heterocycles. The zero-order valence-corrected chi connectivity index (χ0v) is 19.6. The van der Waals surface area contributed by atoms with E-state index in [1.807, 2.05) is 0 Å². The normalized spacial score (nSPS) is 10.9. The lowest BCUT2D eigenvalue weighted by atomic mass is 10.2. The SMILES string of the molecule is O=C(Nc1ccccc1F)c1csc(CSc2nnc(-c3ccncc3)n2-c2ccccc2F)n1. The van der Waals surface area contributed by atoms with Crippen molar-refractivity contribution in [3.8, 4) is 17.1 Å². The number of carbonyl (C=O) groups is 1. The van der Waals surface area contributed by atoms with Crippen LogP contribution in [-0.4, -0.2) is 30.6 Å². The number of anilines is 1. The summed E-state index contributed by atoms with van der Waals surface area (Å²) in [6, 6.07) is 15.9. The number of hydrogen-bond acceptors (Lipinski definition) is 7. The van der Waals surface area contributed by atoms with E-state index in [-0.39, 0.29) is 11.4 Å². The van der Waals surface area contributed by atoms with Crippen molar-refractivity contribution in [2.24, 2.45) is 0 Å². The number of nitrogens with zero attached hydrogens (tertiary/aromatic N) is 5. The van der Waals surface area contributed by atoms with Crippen LogP contribution in [0.2, 0.25) is 0 Å². The maximum absolute atomic E-state index is 14.7. The van der Waals surface area contributed by atoms with E-state index < -0.39 is 17.5 Å². The molecule has 3 aromatic heterocycles. The van der Waals surface area contributed by atoms with Crippen LogP contribution in [0.1, 0.15) is 15.5 Å². The molecule has 5 aromatic rings. The van der Waals surface area contributed by atoms with Gasteiger partial charge in [0.15, 0.2) is 11.0 Å². The number of benzene rings is 2. The second-order valence-corrected chi connectivity index (χ2v) is 9.06. The van der Waals surface area contributed by atoms with Gasteiger partial charge in [-0.15, -0.1) is 21.5 Å². The molecule has 0 aliphatic carbocycles. The zero-order valence-electron chi connectivity index (χ0n) is 17.9. The van der Waals surface area contributed by atoms with Gasteiger partial charge < -0.3 is 5.32 Å². The summed E-state index contributed by atoms with van der Waals surface area (Å²) in [6.45, 7) is 0. The number of halogens is 2. The highest BCUT2D eigenvalue weighted by Crippen LogP contribution is 2.31. The van der Waals surface area contributed by atoms with Gasteiger partial charge in [-0.25, -0.2) is 13.8 Å². The zero-order chi connectivity index (χ0) is 24.2. The quantitative estimate of drug-likeness (QED) is 0.289. The summed E-state index contributed by atoms with van der Waals surface area (Å²) >= 11 is 2.61. The molecule has 0 aliphatic rings. The number of para-hydroxylation sites is 2. The third-order valence-corrected chi connectivity index (χ3v) is 6.87. The van der Waals surface area contributed by atoms with Crippen LogP contribution in [0.25, 0.3) is 17.1 Å². The van der Waals surface area contributed by atoms with E-state index in [9.17, 15) is 13.6 Å². The number of carbonyl (C=O) groups excluding carboxylic acids is 1. The molecular formula is C24H16F2N6OS2. The van der Waals surface area contributed by atoms with Gasteiger partial charge >= 0.3 is 0 Å². The Labute approximate surface area is 206 Å². The van der Waals surface area contributed by atoms with Crippen LogP contribution in [0, 0.1) is 11.6 Å². The van der Waals surface area contributed by atoms with Crippen LogP contribution in [0.3, 0.4) is 0 Å². The standard InChI is InChI=1S/C24H16F2N6OS2/c25-16-5-1-3-7-18(16)29-23(33)19-13-34-21(28-19)14-35-24-31-30-22(15-9-11-27-12-10-15)32(24)20-8-4-2-6-17(20)26/h1-13H,14H2,(H,29,33). The summed E-state index contributed by atoms with van der Waals surface area (Å²) in [5, 5.41) is 13.8. The van der Waals surface area contributed by atoms with Gasteiger partial charge in [0.05, 0.1) is 17.1 Å². The first-order chi connectivity index (χ1) is 17.1. The third-order valence-electron chi connectivity index (χ3n) is 4.90. The minimum absolute atomic E-state index is 0.0862. The Kier molecular flexibility index (Phi) is 6.59. The number of amides is 1. The Morgan fingerprint density at radius 3 is 2.49 bits per heavy atom. The lowest BCUT2D eigenvalue weighted by molar-refractivity contribution is 0.102. The molecule has 0 fully saturated rings. The van der Waals surface area contributed by atoms with Crippen molar-refractivity contribution in [3.05, 3.63) is 101 Å². The number of nitrogens with one attached hydrogen (secondary N) is 1. The Morgan fingerprint density at radius 1 is 0.971 bits per heavy atom. The van der Waals surface area contributed by atoms with Gasteiger partial charge in [-0.3, -0.25) is 14.3 Å². The van der Waals surface area contributed by atoms with Gasteiger partial charge in [0.2, 0.25) is 0 Å². The van der Waals surface area contributed by atoms with Crippen LogP contribution in [0.4, 0.5) is 14.5 Å². The fourth-order valence-electron chi connectivity index (χ4n) is 3.26. The molecule has 1 N–H and O–H groups in total. The molecule has 2 aromatic carbocycles. The average molecular weight is 507 g/mol. The highest BCUT2D eigenvalue weighted by atomic mass is 32.2. The average Bonchev–Trinajstić information content (AvgIpc) is 3.52. The molecule has 0 spiro atoms. The molecule has 0 saturated heterocycles. The second-order valence-electron chi connectivity index (χ2n) is 7.18. The van der Waals surface area contributed by atoms with Crippen LogP contribution in [0.5, 0.6) is 0 Å². The smallest absolute Gasteiger partial charge is 0.275 e. The van der Waals surface area contributed by atoms with Crippen molar-refractivity contribution < 1.29 is 13.6 Å². The van der Waals surface area contributed by atoms with E-state index in [1.54, 1.807) is 64.8 Å². The largest absolute Gasteiger partial charge is 0.318 e. The van der Waals surface area contributed by atoms with Crippen LogP contribution >= 0.6 is 23.1 Å². The van der Waals surface area contributed by atoms with Crippen molar-refractivity contribution in [1.29, 1.82) is 0 Å². The highest BCUT2D eigenvalue weighted by molar-refractivity contribution is 7.98. The van der Waals surface area contributed by atoms with E-state index in [0.29, 0.717) is 27.4 Å². The van der Waals surface area contributed by atoms with Crippen LogP contribution in [0.15, 0.2) is 83.6 Å². The number of pyridine rings is 1. The summed E-state index contributed by atoms with van der Waals surface area (Å²) in [7, 11) is 0. The predicted octanol–water partition coefficient (Wildman–Crippen LogP) is 5.61. The molecular weight excluding hydrogens is 490 g/mol. The van der Waals surface area contributed by atoms with Crippen molar-refractivity contribution in [3.63, 3.8) is 0 Å². The summed E-state index contributed by atoms with van der Waals surface area (Å²) < 4.78 is 30.2. The molecule has 35 heavy (non-hydrogen) atoms.